The number of aryl methyl sites for hydroxylation is 3. The van der Waals surface area contributed by atoms with Gasteiger partial charge in [-0.25, -0.2) is 12.8 Å². The minimum Gasteiger partial charge on any atom is -0.480 e. The Labute approximate surface area is 151 Å². The Kier molecular flexibility index (Phi) is 5.69. The molecule has 1 fully saturated rings. The van der Waals surface area contributed by atoms with Crippen LogP contribution in [0.15, 0.2) is 17.0 Å². The zero-order chi connectivity index (χ0) is 19.7. The lowest BCUT2D eigenvalue weighted by Gasteiger charge is -2.33. The molecule has 0 saturated carbocycles. The number of aliphatic carboxylic acids is 1. The fourth-order valence-electron chi connectivity index (χ4n) is 2.87. The van der Waals surface area contributed by atoms with Gasteiger partial charge >= 0.3 is 5.97 Å². The first kappa shape index (κ1) is 20.3. The molecule has 1 unspecified atom stereocenters. The topological polar surface area (TPSA) is 125 Å². The molecule has 1 aromatic rings. The summed E-state index contributed by atoms with van der Waals surface area (Å²) in [6.07, 6.45) is 0. The number of hydrogen-bond donors (Lipinski definition) is 4. The molecule has 10 heteroatoms. The summed E-state index contributed by atoms with van der Waals surface area (Å²) >= 11 is 0. The first-order valence-electron chi connectivity index (χ1n) is 7.97. The molecule has 144 valence electrons. The van der Waals surface area contributed by atoms with E-state index < -0.39 is 40.2 Å². The number of hydrogen-bond acceptors (Lipinski definition) is 5. The smallest absolute Gasteiger partial charge is 0.323 e. The summed E-state index contributed by atoms with van der Waals surface area (Å²) < 4.78 is 41.3. The van der Waals surface area contributed by atoms with Gasteiger partial charge in [0.2, 0.25) is 15.7 Å². The van der Waals surface area contributed by atoms with E-state index in [-0.39, 0.29) is 18.0 Å². The highest BCUT2D eigenvalue weighted by molar-refractivity contribution is 7.89. The maximum absolute atomic E-state index is 13.9. The summed E-state index contributed by atoms with van der Waals surface area (Å²) in [6, 6.07) is 1.73. The Morgan fingerprint density at radius 1 is 1.27 bits per heavy atom. The molecule has 0 spiro atoms. The largest absolute Gasteiger partial charge is 0.480 e. The van der Waals surface area contributed by atoms with Crippen LogP contribution in [0.3, 0.4) is 0 Å². The number of rotatable bonds is 7. The SMILES string of the molecule is Cc1cc(C)c(S(=O)(=O)NC(CNC(=O)C2(F)CNC2)C(=O)O)c(C)c1. The van der Waals surface area contributed by atoms with Crippen LogP contribution in [-0.2, 0) is 19.6 Å². The quantitative estimate of drug-likeness (QED) is 0.512. The fraction of sp³-hybridized carbons (Fsp3) is 0.500. The average molecular weight is 387 g/mol. The predicted octanol–water partition coefficient (Wildman–Crippen LogP) is -0.229. The number of carboxylic acids is 1. The lowest BCUT2D eigenvalue weighted by Crippen LogP contribution is -2.65. The highest BCUT2D eigenvalue weighted by atomic mass is 32.2. The fourth-order valence-corrected chi connectivity index (χ4v) is 4.52. The maximum Gasteiger partial charge on any atom is 0.323 e. The van der Waals surface area contributed by atoms with E-state index in [2.05, 4.69) is 15.4 Å². The third-order valence-corrected chi connectivity index (χ3v) is 5.93. The minimum atomic E-state index is -4.15. The van der Waals surface area contributed by atoms with Crippen LogP contribution in [0.4, 0.5) is 4.39 Å². The molecule has 1 aliphatic heterocycles. The monoisotopic (exact) mass is 387 g/mol. The zero-order valence-electron chi connectivity index (χ0n) is 14.7. The van der Waals surface area contributed by atoms with E-state index in [1.807, 2.05) is 6.92 Å². The highest BCUT2D eigenvalue weighted by Crippen LogP contribution is 2.22. The van der Waals surface area contributed by atoms with E-state index in [4.69, 9.17) is 0 Å². The van der Waals surface area contributed by atoms with Crippen molar-refractivity contribution in [1.29, 1.82) is 0 Å². The molecule has 2 rings (SSSR count). The Hall–Kier alpha value is -2.04. The van der Waals surface area contributed by atoms with Gasteiger partial charge in [-0.3, -0.25) is 9.59 Å². The van der Waals surface area contributed by atoms with Gasteiger partial charge < -0.3 is 15.7 Å². The molecule has 0 aliphatic carbocycles. The molecule has 1 atom stereocenters. The van der Waals surface area contributed by atoms with E-state index in [9.17, 15) is 27.5 Å². The van der Waals surface area contributed by atoms with E-state index in [0.717, 1.165) is 5.56 Å². The van der Waals surface area contributed by atoms with Gasteiger partial charge in [0.25, 0.3) is 5.91 Å². The number of benzene rings is 1. The van der Waals surface area contributed by atoms with Crippen molar-refractivity contribution in [2.75, 3.05) is 19.6 Å². The Bertz CT molecular complexity index is 813. The van der Waals surface area contributed by atoms with Crippen LogP contribution in [0.2, 0.25) is 0 Å². The molecular formula is C16H22FN3O5S. The van der Waals surface area contributed by atoms with Gasteiger partial charge in [-0.05, 0) is 31.9 Å². The van der Waals surface area contributed by atoms with Crippen molar-refractivity contribution in [3.63, 3.8) is 0 Å². The molecule has 8 nitrogen and oxygen atoms in total. The van der Waals surface area contributed by atoms with Gasteiger partial charge in [-0.1, -0.05) is 17.7 Å². The van der Waals surface area contributed by atoms with E-state index in [1.165, 1.54) is 0 Å². The predicted molar refractivity (Wildman–Crippen MR) is 92.1 cm³/mol. The number of sulfonamides is 1. The van der Waals surface area contributed by atoms with Gasteiger partial charge in [0, 0.05) is 19.6 Å². The van der Waals surface area contributed by atoms with Crippen molar-refractivity contribution in [3.05, 3.63) is 28.8 Å². The molecule has 1 saturated heterocycles. The molecule has 1 aliphatic rings. The van der Waals surface area contributed by atoms with Gasteiger partial charge in [0.05, 0.1) is 4.90 Å². The third kappa shape index (κ3) is 4.19. The van der Waals surface area contributed by atoms with Crippen LogP contribution >= 0.6 is 0 Å². The van der Waals surface area contributed by atoms with Gasteiger partial charge in [0.15, 0.2) is 0 Å². The van der Waals surface area contributed by atoms with Gasteiger partial charge in [-0.2, -0.15) is 4.72 Å². The van der Waals surface area contributed by atoms with Crippen molar-refractivity contribution in [3.8, 4) is 0 Å². The summed E-state index contributed by atoms with van der Waals surface area (Å²) in [5, 5.41) is 14.0. The summed E-state index contributed by atoms with van der Waals surface area (Å²) in [6.45, 7) is 4.16. The Balaban J connectivity index is 2.16. The molecule has 4 N–H and O–H groups in total. The van der Waals surface area contributed by atoms with Crippen molar-refractivity contribution in [2.45, 2.75) is 37.4 Å². The van der Waals surface area contributed by atoms with E-state index in [1.54, 1.807) is 26.0 Å². The molecule has 0 radical (unpaired) electrons. The molecular weight excluding hydrogens is 365 g/mol. The van der Waals surface area contributed by atoms with Crippen LogP contribution in [0.5, 0.6) is 0 Å². The molecule has 0 aromatic heterocycles. The highest BCUT2D eigenvalue weighted by Gasteiger charge is 2.45. The second kappa shape index (κ2) is 7.29. The molecule has 1 aromatic carbocycles. The van der Waals surface area contributed by atoms with Crippen molar-refractivity contribution in [2.24, 2.45) is 0 Å². The average Bonchev–Trinajstić information content (AvgIpc) is 2.46. The summed E-state index contributed by atoms with van der Waals surface area (Å²) in [4.78, 5) is 23.1. The van der Waals surface area contributed by atoms with Gasteiger partial charge in [-0.15, -0.1) is 0 Å². The molecule has 0 bridgehead atoms. The van der Waals surface area contributed by atoms with E-state index >= 15 is 0 Å². The zero-order valence-corrected chi connectivity index (χ0v) is 15.5. The maximum atomic E-state index is 13.9. The second-order valence-corrected chi connectivity index (χ2v) is 8.17. The summed E-state index contributed by atoms with van der Waals surface area (Å²) in [5.41, 5.74) is -0.257. The van der Waals surface area contributed by atoms with Crippen LogP contribution in [0.1, 0.15) is 16.7 Å². The lowest BCUT2D eigenvalue weighted by molar-refractivity contribution is -0.140. The van der Waals surface area contributed by atoms with Crippen molar-refractivity contribution < 1.29 is 27.5 Å². The van der Waals surface area contributed by atoms with Crippen LogP contribution in [-0.4, -0.2) is 56.7 Å². The van der Waals surface area contributed by atoms with Crippen LogP contribution < -0.4 is 15.4 Å². The lowest BCUT2D eigenvalue weighted by atomic mass is 9.98. The number of carboxylic acid groups (broad SMARTS) is 1. The second-order valence-electron chi connectivity index (χ2n) is 6.52. The first-order valence-corrected chi connectivity index (χ1v) is 9.45. The third-order valence-electron chi connectivity index (χ3n) is 4.15. The molecule has 1 amide bonds. The summed E-state index contributed by atoms with van der Waals surface area (Å²) in [5.74, 6) is -2.44. The Morgan fingerprint density at radius 2 is 1.81 bits per heavy atom. The molecule has 1 heterocycles. The van der Waals surface area contributed by atoms with Crippen molar-refractivity contribution >= 4 is 21.9 Å². The number of nitrogens with one attached hydrogen (secondary N) is 3. The van der Waals surface area contributed by atoms with Crippen LogP contribution in [0.25, 0.3) is 0 Å². The number of carbonyl (C=O) groups is 2. The number of carbonyl (C=O) groups excluding carboxylic acids is 1. The first-order chi connectivity index (χ1) is 12.0. The number of amides is 1. The van der Waals surface area contributed by atoms with Gasteiger partial charge in [0.1, 0.15) is 6.04 Å². The molecule has 26 heavy (non-hydrogen) atoms. The van der Waals surface area contributed by atoms with E-state index in [0.29, 0.717) is 11.1 Å². The normalized spacial score (nSPS) is 17.2. The number of halogens is 1. The minimum absolute atomic E-state index is 0.00849. The number of alkyl halides is 1. The Morgan fingerprint density at radius 3 is 2.23 bits per heavy atom. The van der Waals surface area contributed by atoms with Crippen molar-refractivity contribution in [1.82, 2.24) is 15.4 Å². The summed E-state index contributed by atoms with van der Waals surface area (Å²) in [7, 11) is -4.15. The standard InChI is InChI=1S/C16H22FN3O5S/c1-9-4-10(2)13(11(3)5-9)26(24,25)20-12(14(21)22)6-19-15(23)16(17)7-18-8-16/h4-5,12,18,20H,6-8H2,1-3H3,(H,19,23)(H,21,22). The van der Waals surface area contributed by atoms with Crippen LogP contribution in [0, 0.1) is 20.8 Å².